The molecule has 2 N–H and O–H groups in total. The minimum Gasteiger partial charge on any atom is -0.369 e. The molecule has 2 aromatic heterocycles. The monoisotopic (exact) mass is 375 g/mol. The lowest BCUT2D eigenvalue weighted by molar-refractivity contribution is -0.115. The van der Waals surface area contributed by atoms with Crippen molar-refractivity contribution in [3.8, 4) is 11.3 Å². The molecule has 2 heterocycles. The van der Waals surface area contributed by atoms with E-state index in [1.165, 1.54) is 12.1 Å². The Balaban J connectivity index is 1.52. The number of fused-ring (bicyclic) bond motifs is 1. The van der Waals surface area contributed by atoms with Crippen LogP contribution in [0.3, 0.4) is 0 Å². The third-order valence-corrected chi connectivity index (χ3v) is 4.25. The lowest BCUT2D eigenvalue weighted by Crippen LogP contribution is -2.16. The van der Waals surface area contributed by atoms with Crippen molar-refractivity contribution >= 4 is 23.1 Å². The van der Waals surface area contributed by atoms with E-state index in [4.69, 9.17) is 0 Å². The normalized spacial score (nSPS) is 10.8. The van der Waals surface area contributed by atoms with Crippen LogP contribution in [0.5, 0.6) is 0 Å². The SMILES string of the molecule is O=C(CCNc1c(-c2ccc(F)cc2)nc2cnccn12)Nc1ccccc1. The third-order valence-electron chi connectivity index (χ3n) is 4.25. The maximum atomic E-state index is 13.3. The number of halogens is 1. The van der Waals surface area contributed by atoms with Gasteiger partial charge in [0.25, 0.3) is 0 Å². The van der Waals surface area contributed by atoms with Crippen LogP contribution < -0.4 is 10.6 Å². The number of para-hydroxylation sites is 1. The molecule has 1 amide bonds. The van der Waals surface area contributed by atoms with Crippen LogP contribution in [0.1, 0.15) is 6.42 Å². The number of carbonyl (C=O) groups is 1. The highest BCUT2D eigenvalue weighted by Crippen LogP contribution is 2.28. The van der Waals surface area contributed by atoms with Crippen molar-refractivity contribution in [2.24, 2.45) is 0 Å². The summed E-state index contributed by atoms with van der Waals surface area (Å²) in [6.07, 6.45) is 5.40. The van der Waals surface area contributed by atoms with E-state index in [-0.39, 0.29) is 18.1 Å². The fraction of sp³-hybridized carbons (Fsp3) is 0.0952. The molecule has 140 valence electrons. The molecule has 28 heavy (non-hydrogen) atoms. The third kappa shape index (κ3) is 3.83. The van der Waals surface area contributed by atoms with Crippen molar-refractivity contribution in [3.63, 3.8) is 0 Å². The molecule has 0 saturated heterocycles. The summed E-state index contributed by atoms with van der Waals surface area (Å²) < 4.78 is 15.1. The van der Waals surface area contributed by atoms with Crippen LogP contribution in [0.4, 0.5) is 15.9 Å². The van der Waals surface area contributed by atoms with E-state index in [9.17, 15) is 9.18 Å². The Morgan fingerprint density at radius 2 is 1.86 bits per heavy atom. The highest BCUT2D eigenvalue weighted by atomic mass is 19.1. The van der Waals surface area contributed by atoms with E-state index in [2.05, 4.69) is 20.6 Å². The Morgan fingerprint density at radius 3 is 2.64 bits per heavy atom. The first kappa shape index (κ1) is 17.7. The summed E-state index contributed by atoms with van der Waals surface area (Å²) in [6, 6.07) is 15.5. The van der Waals surface area contributed by atoms with Gasteiger partial charge in [-0.15, -0.1) is 0 Å². The number of amides is 1. The Kier molecular flexibility index (Phi) is 4.97. The van der Waals surface area contributed by atoms with Crippen molar-refractivity contribution in [1.29, 1.82) is 0 Å². The van der Waals surface area contributed by atoms with E-state index in [1.807, 2.05) is 34.7 Å². The largest absolute Gasteiger partial charge is 0.369 e. The number of benzene rings is 2. The first-order chi connectivity index (χ1) is 13.7. The predicted octanol–water partition coefficient (Wildman–Crippen LogP) is 3.98. The summed E-state index contributed by atoms with van der Waals surface area (Å²) >= 11 is 0. The van der Waals surface area contributed by atoms with Gasteiger partial charge in [0, 0.05) is 36.6 Å². The second kappa shape index (κ2) is 7.87. The van der Waals surface area contributed by atoms with Crippen molar-refractivity contribution in [2.75, 3.05) is 17.2 Å². The molecule has 0 aliphatic rings. The van der Waals surface area contributed by atoms with Crippen LogP contribution in [0.2, 0.25) is 0 Å². The lowest BCUT2D eigenvalue weighted by atomic mass is 10.1. The molecule has 4 aromatic rings. The first-order valence-corrected chi connectivity index (χ1v) is 8.87. The van der Waals surface area contributed by atoms with Crippen LogP contribution in [-0.4, -0.2) is 26.8 Å². The van der Waals surface area contributed by atoms with Gasteiger partial charge >= 0.3 is 0 Å². The minimum atomic E-state index is -0.304. The number of hydrogen-bond acceptors (Lipinski definition) is 4. The highest BCUT2D eigenvalue weighted by molar-refractivity contribution is 5.91. The van der Waals surface area contributed by atoms with Gasteiger partial charge in [0.1, 0.15) is 17.3 Å². The Hall–Kier alpha value is -3.74. The second-order valence-corrected chi connectivity index (χ2v) is 6.21. The standard InChI is InChI=1S/C21H18FN5O/c22-16-8-6-15(7-9-16)20-21(27-13-12-23-14-18(27)26-20)24-11-10-19(28)25-17-4-2-1-3-5-17/h1-9,12-14,24H,10-11H2,(H,25,28). The number of rotatable bonds is 6. The van der Waals surface area contributed by atoms with E-state index in [0.29, 0.717) is 17.9 Å². The molecule has 2 aromatic carbocycles. The highest BCUT2D eigenvalue weighted by Gasteiger charge is 2.14. The summed E-state index contributed by atoms with van der Waals surface area (Å²) in [4.78, 5) is 20.9. The summed E-state index contributed by atoms with van der Waals surface area (Å²) in [5.74, 6) is 0.343. The number of carbonyl (C=O) groups excluding carboxylic acids is 1. The Bertz CT molecular complexity index is 1090. The molecule has 0 spiro atoms. The van der Waals surface area contributed by atoms with Crippen molar-refractivity contribution in [3.05, 3.63) is 79.0 Å². The van der Waals surface area contributed by atoms with E-state index >= 15 is 0 Å². The van der Waals surface area contributed by atoms with Crippen LogP contribution in [-0.2, 0) is 4.79 Å². The van der Waals surface area contributed by atoms with Gasteiger partial charge in [-0.2, -0.15) is 0 Å². The number of hydrogen-bond donors (Lipinski definition) is 2. The number of aromatic nitrogens is 3. The molecule has 0 radical (unpaired) electrons. The molecular weight excluding hydrogens is 357 g/mol. The summed E-state index contributed by atoms with van der Waals surface area (Å²) in [5, 5.41) is 6.14. The van der Waals surface area contributed by atoms with Crippen molar-refractivity contribution in [2.45, 2.75) is 6.42 Å². The Morgan fingerprint density at radius 1 is 1.07 bits per heavy atom. The average molecular weight is 375 g/mol. The molecule has 0 bridgehead atoms. The van der Waals surface area contributed by atoms with Crippen molar-refractivity contribution < 1.29 is 9.18 Å². The minimum absolute atomic E-state index is 0.0856. The van der Waals surface area contributed by atoms with Crippen LogP contribution >= 0.6 is 0 Å². The van der Waals surface area contributed by atoms with E-state index in [0.717, 1.165) is 17.1 Å². The van der Waals surface area contributed by atoms with Crippen LogP contribution in [0.25, 0.3) is 16.9 Å². The van der Waals surface area contributed by atoms with E-state index in [1.54, 1.807) is 30.7 Å². The van der Waals surface area contributed by atoms with Gasteiger partial charge in [0.15, 0.2) is 5.65 Å². The molecule has 0 atom stereocenters. The summed E-state index contributed by atoms with van der Waals surface area (Å²) in [5.41, 5.74) is 2.89. The van der Waals surface area contributed by atoms with Gasteiger partial charge in [-0.25, -0.2) is 9.37 Å². The van der Waals surface area contributed by atoms with Crippen LogP contribution in [0, 0.1) is 5.82 Å². The maximum absolute atomic E-state index is 13.3. The number of anilines is 2. The van der Waals surface area contributed by atoms with Gasteiger partial charge in [-0.05, 0) is 36.4 Å². The number of imidazole rings is 1. The summed E-state index contributed by atoms with van der Waals surface area (Å²) in [7, 11) is 0. The fourth-order valence-corrected chi connectivity index (χ4v) is 2.92. The zero-order chi connectivity index (χ0) is 19.3. The average Bonchev–Trinajstić information content (AvgIpc) is 3.08. The van der Waals surface area contributed by atoms with Gasteiger partial charge < -0.3 is 10.6 Å². The number of nitrogens with one attached hydrogen (secondary N) is 2. The molecule has 4 rings (SSSR count). The maximum Gasteiger partial charge on any atom is 0.226 e. The molecule has 7 heteroatoms. The van der Waals surface area contributed by atoms with Gasteiger partial charge in [0.2, 0.25) is 5.91 Å². The summed E-state index contributed by atoms with van der Waals surface area (Å²) in [6.45, 7) is 0.420. The zero-order valence-corrected chi connectivity index (χ0v) is 15.0. The van der Waals surface area contributed by atoms with Gasteiger partial charge in [0.05, 0.1) is 6.20 Å². The van der Waals surface area contributed by atoms with Gasteiger partial charge in [-0.3, -0.25) is 14.2 Å². The molecule has 0 fully saturated rings. The predicted molar refractivity (Wildman–Crippen MR) is 107 cm³/mol. The first-order valence-electron chi connectivity index (χ1n) is 8.87. The number of nitrogens with zero attached hydrogens (tertiary/aromatic N) is 3. The Labute approximate surface area is 161 Å². The molecule has 0 saturated carbocycles. The van der Waals surface area contributed by atoms with Crippen LogP contribution in [0.15, 0.2) is 73.2 Å². The molecule has 0 aliphatic heterocycles. The quantitative estimate of drug-likeness (QED) is 0.535. The van der Waals surface area contributed by atoms with E-state index < -0.39 is 0 Å². The zero-order valence-electron chi connectivity index (χ0n) is 15.0. The fourth-order valence-electron chi connectivity index (χ4n) is 2.92. The lowest BCUT2D eigenvalue weighted by Gasteiger charge is -2.09. The van der Waals surface area contributed by atoms with Gasteiger partial charge in [-0.1, -0.05) is 18.2 Å². The molecule has 0 aliphatic carbocycles. The van der Waals surface area contributed by atoms with Crippen molar-refractivity contribution in [1.82, 2.24) is 14.4 Å². The second-order valence-electron chi connectivity index (χ2n) is 6.21. The molecule has 6 nitrogen and oxygen atoms in total. The topological polar surface area (TPSA) is 71.3 Å². The smallest absolute Gasteiger partial charge is 0.226 e. The molecule has 0 unspecified atom stereocenters. The molecular formula is C21H18FN5O.